The van der Waals surface area contributed by atoms with Crippen molar-refractivity contribution in [1.82, 2.24) is 10.8 Å². The quantitative estimate of drug-likeness (QED) is 0.357. The molecule has 10 heteroatoms. The minimum absolute atomic E-state index is 0.0489. The van der Waals surface area contributed by atoms with Gasteiger partial charge in [0, 0.05) is 12.3 Å². The van der Waals surface area contributed by atoms with Gasteiger partial charge in [-0.05, 0) is 42.5 Å². The average Bonchev–Trinajstić information content (AvgIpc) is 3.13. The molecular weight excluding hydrogens is 454 g/mol. The molecular formula is C25H29N3O7. The van der Waals surface area contributed by atoms with Crippen LogP contribution in [0.25, 0.3) is 11.1 Å². The minimum Gasteiger partial charge on any atom is -0.481 e. The molecule has 0 aromatic heterocycles. The van der Waals surface area contributed by atoms with Crippen LogP contribution in [0.4, 0.5) is 4.79 Å². The van der Waals surface area contributed by atoms with Gasteiger partial charge in [-0.15, -0.1) is 0 Å². The van der Waals surface area contributed by atoms with Crippen molar-refractivity contribution in [3.05, 3.63) is 59.7 Å². The van der Waals surface area contributed by atoms with E-state index in [1.165, 1.54) is 13.8 Å². The van der Waals surface area contributed by atoms with Crippen LogP contribution in [-0.2, 0) is 24.0 Å². The molecule has 186 valence electrons. The highest BCUT2D eigenvalue weighted by Gasteiger charge is 2.31. The van der Waals surface area contributed by atoms with Gasteiger partial charge in [-0.1, -0.05) is 48.5 Å². The molecule has 0 radical (unpaired) electrons. The third-order valence-corrected chi connectivity index (χ3v) is 5.82. The number of carboxylic acid groups (broad SMARTS) is 1. The number of carboxylic acids is 1. The van der Waals surface area contributed by atoms with Crippen LogP contribution in [0.3, 0.4) is 0 Å². The van der Waals surface area contributed by atoms with Crippen molar-refractivity contribution < 1.29 is 33.9 Å². The monoisotopic (exact) mass is 483 g/mol. The Balaban J connectivity index is 1.61. The molecule has 0 bridgehead atoms. The largest absolute Gasteiger partial charge is 0.481 e. The second-order valence-electron chi connectivity index (χ2n) is 8.97. The van der Waals surface area contributed by atoms with Gasteiger partial charge in [0.2, 0.25) is 5.91 Å². The number of hydroxylamine groups is 1. The lowest BCUT2D eigenvalue weighted by molar-refractivity contribution is -0.156. The number of aliphatic carboxylic acids is 1. The van der Waals surface area contributed by atoms with Crippen molar-refractivity contribution in [2.45, 2.75) is 38.6 Å². The van der Waals surface area contributed by atoms with E-state index in [1.54, 1.807) is 0 Å². The Kier molecular flexibility index (Phi) is 8.08. The maximum absolute atomic E-state index is 12.6. The Morgan fingerprint density at radius 3 is 2.14 bits per heavy atom. The van der Waals surface area contributed by atoms with E-state index in [0.717, 1.165) is 22.3 Å². The number of nitrogens with two attached hydrogens (primary N) is 1. The smallest absolute Gasteiger partial charge is 0.407 e. The van der Waals surface area contributed by atoms with Crippen molar-refractivity contribution in [2.75, 3.05) is 13.2 Å². The lowest BCUT2D eigenvalue weighted by Gasteiger charge is -2.21. The van der Waals surface area contributed by atoms with E-state index in [1.807, 2.05) is 48.5 Å². The fourth-order valence-electron chi connectivity index (χ4n) is 3.76. The number of hydrogen-bond acceptors (Lipinski definition) is 6. The highest BCUT2D eigenvalue weighted by atomic mass is 16.7. The number of carbonyl (C=O) groups is 4. The molecule has 2 aromatic carbocycles. The first-order valence-corrected chi connectivity index (χ1v) is 11.1. The molecule has 1 aliphatic carbocycles. The molecule has 0 heterocycles. The molecule has 0 unspecified atom stereocenters. The van der Waals surface area contributed by atoms with Crippen LogP contribution in [-0.4, -0.2) is 48.2 Å². The van der Waals surface area contributed by atoms with Gasteiger partial charge in [-0.25, -0.2) is 10.3 Å². The maximum Gasteiger partial charge on any atom is 0.407 e. The van der Waals surface area contributed by atoms with Gasteiger partial charge >= 0.3 is 12.1 Å². The van der Waals surface area contributed by atoms with Crippen LogP contribution >= 0.6 is 0 Å². The molecule has 0 saturated carbocycles. The zero-order chi connectivity index (χ0) is 25.6. The third-order valence-electron chi connectivity index (χ3n) is 5.82. The SMILES string of the molecule is CC(C)(CONC(=O)[C@H](CCC(N)=O)NC(=O)OCC1c2ccccc2-c2ccccc21)C(=O)O. The van der Waals surface area contributed by atoms with Crippen molar-refractivity contribution in [2.24, 2.45) is 11.1 Å². The van der Waals surface area contributed by atoms with E-state index in [4.69, 9.17) is 20.4 Å². The van der Waals surface area contributed by atoms with Gasteiger partial charge in [0.05, 0.1) is 12.0 Å². The number of alkyl carbamates (subject to hydrolysis) is 1. The van der Waals surface area contributed by atoms with E-state index in [2.05, 4.69) is 10.8 Å². The first-order chi connectivity index (χ1) is 16.6. The van der Waals surface area contributed by atoms with Crippen LogP contribution in [0.1, 0.15) is 43.7 Å². The van der Waals surface area contributed by atoms with Crippen molar-refractivity contribution >= 4 is 23.9 Å². The fourth-order valence-corrected chi connectivity index (χ4v) is 3.76. The summed E-state index contributed by atoms with van der Waals surface area (Å²) in [6, 6.07) is 14.6. The lowest BCUT2D eigenvalue weighted by atomic mass is 9.96. The zero-order valence-electron chi connectivity index (χ0n) is 19.6. The summed E-state index contributed by atoms with van der Waals surface area (Å²) < 4.78 is 5.45. The van der Waals surface area contributed by atoms with Gasteiger partial charge in [-0.2, -0.15) is 0 Å². The van der Waals surface area contributed by atoms with Crippen LogP contribution in [0.2, 0.25) is 0 Å². The number of benzene rings is 2. The molecule has 1 aliphatic rings. The van der Waals surface area contributed by atoms with E-state index in [9.17, 15) is 19.2 Å². The Bertz CT molecular complexity index is 1070. The Labute approximate surface area is 202 Å². The molecule has 1 atom stereocenters. The third kappa shape index (κ3) is 6.36. The number of primary amides is 1. The van der Waals surface area contributed by atoms with E-state index >= 15 is 0 Å². The molecule has 2 aromatic rings. The summed E-state index contributed by atoms with van der Waals surface area (Å²) in [5.41, 5.74) is 10.3. The molecule has 0 saturated heterocycles. The second-order valence-corrected chi connectivity index (χ2v) is 8.97. The van der Waals surface area contributed by atoms with Gasteiger partial charge in [-0.3, -0.25) is 19.2 Å². The number of ether oxygens (including phenoxy) is 1. The lowest BCUT2D eigenvalue weighted by Crippen LogP contribution is -2.48. The highest BCUT2D eigenvalue weighted by molar-refractivity contribution is 5.86. The number of fused-ring (bicyclic) bond motifs is 3. The number of carbonyl (C=O) groups excluding carboxylic acids is 3. The normalized spacial score (nSPS) is 13.3. The summed E-state index contributed by atoms with van der Waals surface area (Å²) in [4.78, 5) is 52.5. The minimum atomic E-state index is -1.24. The predicted octanol–water partition coefficient (Wildman–Crippen LogP) is 2.32. The number of nitrogens with one attached hydrogen (secondary N) is 2. The molecule has 5 N–H and O–H groups in total. The number of amides is 3. The molecule has 35 heavy (non-hydrogen) atoms. The van der Waals surface area contributed by atoms with Gasteiger partial charge in [0.1, 0.15) is 12.6 Å². The Morgan fingerprint density at radius 2 is 1.60 bits per heavy atom. The van der Waals surface area contributed by atoms with E-state index in [-0.39, 0.29) is 32.0 Å². The van der Waals surface area contributed by atoms with Gasteiger partial charge < -0.3 is 20.9 Å². The van der Waals surface area contributed by atoms with Crippen molar-refractivity contribution in [1.29, 1.82) is 0 Å². The van der Waals surface area contributed by atoms with Crippen molar-refractivity contribution in [3.8, 4) is 11.1 Å². The molecule has 10 nitrogen and oxygen atoms in total. The van der Waals surface area contributed by atoms with Crippen LogP contribution < -0.4 is 16.5 Å². The summed E-state index contributed by atoms with van der Waals surface area (Å²) in [5.74, 6) is -2.67. The molecule has 0 aliphatic heterocycles. The standard InChI is InChI=1S/C25H29N3O7/c1-25(2,23(31)32)14-35-28-22(30)20(11-12-21(26)29)27-24(33)34-13-19-17-9-5-3-7-15(17)16-8-4-6-10-18(16)19/h3-10,19-20H,11-14H2,1-2H3,(H2,26,29)(H,27,33)(H,28,30)(H,31,32)/t20-/m0/s1. The van der Waals surface area contributed by atoms with Crippen LogP contribution in [0.5, 0.6) is 0 Å². The van der Waals surface area contributed by atoms with E-state index in [0.29, 0.717) is 0 Å². The Hall–Kier alpha value is -3.92. The summed E-state index contributed by atoms with van der Waals surface area (Å²) in [5, 5.41) is 11.6. The fraction of sp³-hybridized carbons (Fsp3) is 0.360. The first-order valence-electron chi connectivity index (χ1n) is 11.1. The van der Waals surface area contributed by atoms with Gasteiger partial charge in [0.25, 0.3) is 5.91 Å². The first kappa shape index (κ1) is 25.7. The van der Waals surface area contributed by atoms with E-state index < -0.39 is 35.3 Å². The summed E-state index contributed by atoms with van der Waals surface area (Å²) >= 11 is 0. The number of rotatable bonds is 11. The molecule has 3 rings (SSSR count). The zero-order valence-corrected chi connectivity index (χ0v) is 19.6. The topological polar surface area (TPSA) is 157 Å². The predicted molar refractivity (Wildman–Crippen MR) is 126 cm³/mol. The Morgan fingerprint density at radius 1 is 1.03 bits per heavy atom. The highest BCUT2D eigenvalue weighted by Crippen LogP contribution is 2.44. The van der Waals surface area contributed by atoms with Crippen LogP contribution in [0.15, 0.2) is 48.5 Å². The molecule has 0 fully saturated rings. The maximum atomic E-state index is 12.6. The van der Waals surface area contributed by atoms with Crippen LogP contribution in [0, 0.1) is 5.41 Å². The summed E-state index contributed by atoms with van der Waals surface area (Å²) in [6.07, 6.45) is -1.10. The number of hydrogen-bond donors (Lipinski definition) is 4. The van der Waals surface area contributed by atoms with Gasteiger partial charge in [0.15, 0.2) is 0 Å². The summed E-state index contributed by atoms with van der Waals surface area (Å²) in [6.45, 7) is 2.61. The molecule has 3 amide bonds. The molecule has 0 spiro atoms. The van der Waals surface area contributed by atoms with Crippen molar-refractivity contribution in [3.63, 3.8) is 0 Å². The average molecular weight is 484 g/mol. The second kappa shape index (κ2) is 11.0. The summed E-state index contributed by atoms with van der Waals surface area (Å²) in [7, 11) is 0.